The van der Waals surface area contributed by atoms with Gasteiger partial charge < -0.3 is 25.8 Å². The van der Waals surface area contributed by atoms with Gasteiger partial charge in [0.2, 0.25) is 21.8 Å². The van der Waals surface area contributed by atoms with Crippen LogP contribution in [0.15, 0.2) is 89.8 Å². The lowest BCUT2D eigenvalue weighted by Crippen LogP contribution is -2.50. The third-order valence-corrected chi connectivity index (χ3v) is 10.7. The molecular formula is C36H36F3N5O7S. The van der Waals surface area contributed by atoms with Crippen LogP contribution in [0, 0.1) is 5.41 Å². The highest BCUT2D eigenvalue weighted by molar-refractivity contribution is 7.89. The number of carbonyl (C=O) groups excluding carboxylic acids is 2. The van der Waals surface area contributed by atoms with E-state index in [0.717, 1.165) is 26.4 Å². The van der Waals surface area contributed by atoms with Gasteiger partial charge in [-0.3, -0.25) is 15.0 Å². The van der Waals surface area contributed by atoms with Gasteiger partial charge in [-0.05, 0) is 77.1 Å². The van der Waals surface area contributed by atoms with Crippen LogP contribution in [0.4, 0.5) is 13.2 Å². The Balaban J connectivity index is 0.000000679. The number of hydrogen-bond donors (Lipinski definition) is 4. The van der Waals surface area contributed by atoms with Crippen molar-refractivity contribution in [3.8, 4) is 5.75 Å². The number of fused-ring (bicyclic) bond motifs is 2. The second-order valence-electron chi connectivity index (χ2n) is 12.3. The smallest absolute Gasteiger partial charge is 0.490 e. The van der Waals surface area contributed by atoms with E-state index < -0.39 is 40.7 Å². The predicted octanol–water partition coefficient (Wildman–Crippen LogP) is 3.84. The molecule has 1 fully saturated rings. The molecule has 0 radical (unpaired) electrons. The van der Waals surface area contributed by atoms with Crippen LogP contribution in [0.2, 0.25) is 0 Å². The molecule has 5 N–H and O–H groups in total. The zero-order valence-electron chi connectivity index (χ0n) is 27.9. The van der Waals surface area contributed by atoms with Crippen LogP contribution in [0.25, 0.3) is 10.8 Å². The molecular weight excluding hydrogens is 703 g/mol. The van der Waals surface area contributed by atoms with Crippen molar-refractivity contribution in [1.29, 1.82) is 5.41 Å². The molecule has 4 aromatic carbocycles. The van der Waals surface area contributed by atoms with E-state index in [-0.39, 0.29) is 35.6 Å². The topological polar surface area (TPSA) is 183 Å². The van der Waals surface area contributed by atoms with Crippen LogP contribution in [0.1, 0.15) is 28.7 Å². The number of carbonyl (C=O) groups is 3. The van der Waals surface area contributed by atoms with Crippen LogP contribution < -0.4 is 15.8 Å². The van der Waals surface area contributed by atoms with Gasteiger partial charge in [0.1, 0.15) is 17.6 Å². The Morgan fingerprint density at radius 2 is 1.65 bits per heavy atom. The highest BCUT2D eigenvalue weighted by atomic mass is 32.2. The summed E-state index contributed by atoms with van der Waals surface area (Å²) in [5.41, 5.74) is 9.28. The largest absolute Gasteiger partial charge is 0.497 e. The number of nitrogens with one attached hydrogen (secondary N) is 2. The minimum atomic E-state index is -5.08. The van der Waals surface area contributed by atoms with Crippen molar-refractivity contribution in [2.45, 2.75) is 49.0 Å². The first-order valence-electron chi connectivity index (χ1n) is 16.0. The number of carboxylic acid groups (broad SMARTS) is 1. The van der Waals surface area contributed by atoms with Gasteiger partial charge in [0, 0.05) is 24.7 Å². The number of methoxy groups -OCH3 is 1. The van der Waals surface area contributed by atoms with Gasteiger partial charge in [-0.25, -0.2) is 13.2 Å². The van der Waals surface area contributed by atoms with Gasteiger partial charge in [0.15, 0.2) is 0 Å². The molecule has 0 saturated carbocycles. The summed E-state index contributed by atoms with van der Waals surface area (Å²) in [7, 11) is -2.74. The maximum absolute atomic E-state index is 14.3. The second-order valence-corrected chi connectivity index (χ2v) is 14.2. The number of ether oxygens (including phenoxy) is 1. The Kier molecular flexibility index (Phi) is 11.2. The minimum absolute atomic E-state index is 0.00951. The average molecular weight is 740 g/mol. The Morgan fingerprint density at radius 1 is 1.00 bits per heavy atom. The summed E-state index contributed by atoms with van der Waals surface area (Å²) >= 11 is 0. The summed E-state index contributed by atoms with van der Waals surface area (Å²) in [5, 5.41) is 19.4. The van der Waals surface area contributed by atoms with Gasteiger partial charge in [-0.1, -0.05) is 54.6 Å². The highest BCUT2D eigenvalue weighted by Crippen LogP contribution is 2.30. The summed E-state index contributed by atoms with van der Waals surface area (Å²) in [6.45, 7) is 0.0519. The van der Waals surface area contributed by atoms with Crippen molar-refractivity contribution >= 4 is 44.4 Å². The monoisotopic (exact) mass is 739 g/mol. The van der Waals surface area contributed by atoms with Crippen LogP contribution in [-0.2, 0) is 43.8 Å². The lowest BCUT2D eigenvalue weighted by atomic mass is 10.1. The molecule has 2 amide bonds. The minimum Gasteiger partial charge on any atom is -0.497 e. The molecule has 2 aliphatic rings. The van der Waals surface area contributed by atoms with E-state index in [1.165, 1.54) is 6.07 Å². The van der Waals surface area contributed by atoms with Crippen molar-refractivity contribution in [2.24, 2.45) is 5.73 Å². The summed E-state index contributed by atoms with van der Waals surface area (Å²) in [4.78, 5) is 37.8. The van der Waals surface area contributed by atoms with Crippen molar-refractivity contribution in [3.05, 3.63) is 107 Å². The van der Waals surface area contributed by atoms with Crippen LogP contribution in [0.5, 0.6) is 5.75 Å². The number of amidine groups is 1. The van der Waals surface area contributed by atoms with Crippen molar-refractivity contribution in [2.75, 3.05) is 20.2 Å². The van der Waals surface area contributed by atoms with E-state index >= 15 is 0 Å². The first-order chi connectivity index (χ1) is 24.6. The number of rotatable bonds is 10. The quantitative estimate of drug-likeness (QED) is 0.140. The molecule has 0 unspecified atom stereocenters. The molecule has 0 bridgehead atoms. The second kappa shape index (κ2) is 15.4. The Morgan fingerprint density at radius 3 is 2.27 bits per heavy atom. The van der Waals surface area contributed by atoms with Gasteiger partial charge in [0.25, 0.3) is 0 Å². The Hall–Kier alpha value is -5.48. The zero-order valence-corrected chi connectivity index (χ0v) is 28.7. The molecule has 6 rings (SSSR count). The predicted molar refractivity (Wildman–Crippen MR) is 185 cm³/mol. The summed E-state index contributed by atoms with van der Waals surface area (Å²) in [6, 6.07) is 24.0. The molecule has 16 heteroatoms. The van der Waals surface area contributed by atoms with E-state index in [1.54, 1.807) is 54.5 Å². The van der Waals surface area contributed by atoms with Gasteiger partial charge >= 0.3 is 12.1 Å². The lowest BCUT2D eigenvalue weighted by Gasteiger charge is -2.28. The molecule has 1 aliphatic heterocycles. The first-order valence-corrected chi connectivity index (χ1v) is 17.5. The number of amides is 2. The summed E-state index contributed by atoms with van der Waals surface area (Å²) in [5.74, 6) is -3.09. The highest BCUT2D eigenvalue weighted by Gasteiger charge is 2.43. The number of nitrogens with two attached hydrogens (primary N) is 1. The Labute approximate surface area is 297 Å². The van der Waals surface area contributed by atoms with Crippen LogP contribution >= 0.6 is 0 Å². The Bertz CT molecular complexity index is 2100. The zero-order chi connectivity index (χ0) is 37.8. The molecule has 274 valence electrons. The van der Waals surface area contributed by atoms with Crippen molar-refractivity contribution in [1.82, 2.24) is 14.5 Å². The summed E-state index contributed by atoms with van der Waals surface area (Å²) < 4.78 is 66.7. The maximum Gasteiger partial charge on any atom is 0.490 e. The summed E-state index contributed by atoms with van der Waals surface area (Å²) in [6.07, 6.45) is -3.53. The lowest BCUT2D eigenvalue weighted by molar-refractivity contribution is -0.192. The van der Waals surface area contributed by atoms with Crippen LogP contribution in [-0.4, -0.2) is 84.8 Å². The van der Waals surface area contributed by atoms with Crippen molar-refractivity contribution in [3.63, 3.8) is 0 Å². The van der Waals surface area contributed by atoms with E-state index in [1.807, 2.05) is 36.4 Å². The molecule has 1 aliphatic carbocycles. The maximum atomic E-state index is 14.3. The average Bonchev–Trinajstić information content (AvgIpc) is 3.68. The fraction of sp³-hybridized carbons (Fsp3) is 0.278. The number of likely N-dealkylation sites (tertiary alicyclic amines) is 1. The SMILES string of the molecule is COc1ccc2ccc(S(=O)(=O)N(CC(=O)NC3Cc4ccccc4C3)[C@H]3CCN(Cc4cccc(C(=N)N)c4)C3=O)cc2c1.O=C(O)C(F)(F)F. The van der Waals surface area contributed by atoms with Gasteiger partial charge in [-0.2, -0.15) is 17.5 Å². The standard InChI is InChI=1S/C34H35N5O5S.C2HF3O2/c1-44-29-11-9-23-10-12-30(19-27(23)18-29)45(42,43)39(21-32(40)37-28-16-24-6-2-3-7-25(24)17-28)31-13-14-38(34(31)41)20-22-5-4-8-26(15-22)33(35)36;3-2(4,5)1(6)7/h2-12,15,18-19,28,31H,13-14,16-17,20-21H2,1H3,(H3,35,36)(H,37,40);(H,6,7)/t31-;/m0./s1. The number of nitrogens with zero attached hydrogens (tertiary/aromatic N) is 2. The van der Waals surface area contributed by atoms with Gasteiger partial charge in [-0.15, -0.1) is 0 Å². The fourth-order valence-electron chi connectivity index (χ4n) is 6.27. The number of nitrogen functional groups attached to an aromatic ring is 1. The van der Waals surface area contributed by atoms with E-state index in [4.69, 9.17) is 25.8 Å². The number of hydrogen-bond acceptors (Lipinski definition) is 7. The van der Waals surface area contributed by atoms with E-state index in [0.29, 0.717) is 36.1 Å². The molecule has 0 aromatic heterocycles. The normalized spacial score (nSPS) is 16.0. The third-order valence-electron chi connectivity index (χ3n) is 8.81. The number of alkyl halides is 3. The van der Waals surface area contributed by atoms with E-state index in [2.05, 4.69) is 5.32 Å². The third kappa shape index (κ3) is 8.69. The number of benzene rings is 4. The fourth-order valence-corrected chi connectivity index (χ4v) is 7.87. The molecule has 0 spiro atoms. The first kappa shape index (κ1) is 37.8. The number of halogens is 3. The molecule has 1 saturated heterocycles. The number of aliphatic carboxylic acids is 1. The van der Waals surface area contributed by atoms with Crippen LogP contribution in [0.3, 0.4) is 0 Å². The molecule has 1 heterocycles. The number of carboxylic acids is 1. The molecule has 12 nitrogen and oxygen atoms in total. The van der Waals surface area contributed by atoms with E-state index in [9.17, 15) is 31.2 Å². The molecule has 52 heavy (non-hydrogen) atoms. The van der Waals surface area contributed by atoms with Gasteiger partial charge in [0.05, 0.1) is 18.6 Å². The van der Waals surface area contributed by atoms with Crippen molar-refractivity contribution < 1.29 is 45.8 Å². The number of sulfonamides is 1. The molecule has 1 atom stereocenters. The molecule has 4 aromatic rings.